The van der Waals surface area contributed by atoms with Gasteiger partial charge in [0.1, 0.15) is 11.3 Å². The highest BCUT2D eigenvalue weighted by atomic mass is 16.5. The van der Waals surface area contributed by atoms with Crippen LogP contribution in [-0.4, -0.2) is 40.8 Å². The molecule has 0 saturated carbocycles. The van der Waals surface area contributed by atoms with Crippen molar-refractivity contribution < 1.29 is 4.74 Å². The second kappa shape index (κ2) is 6.34. The van der Waals surface area contributed by atoms with Gasteiger partial charge in [0.15, 0.2) is 5.65 Å². The van der Waals surface area contributed by atoms with Crippen LogP contribution in [0.4, 0.5) is 0 Å². The number of pyridine rings is 1. The third-order valence-corrected chi connectivity index (χ3v) is 4.89. The SMILES string of the molecule is c1cnc2c(c1)nc(C1CCCNC1)n2CC1CCCOC1. The lowest BCUT2D eigenvalue weighted by atomic mass is 9.98. The van der Waals surface area contributed by atoms with E-state index in [0.29, 0.717) is 11.8 Å². The van der Waals surface area contributed by atoms with Crippen LogP contribution in [0.15, 0.2) is 18.3 Å². The van der Waals surface area contributed by atoms with Gasteiger partial charge in [-0.1, -0.05) is 0 Å². The van der Waals surface area contributed by atoms with Gasteiger partial charge < -0.3 is 14.6 Å². The zero-order valence-electron chi connectivity index (χ0n) is 13.0. The number of ether oxygens (including phenoxy) is 1. The van der Waals surface area contributed by atoms with E-state index in [4.69, 9.17) is 9.72 Å². The third-order valence-electron chi connectivity index (χ3n) is 4.89. The predicted molar refractivity (Wildman–Crippen MR) is 85.9 cm³/mol. The number of nitrogens with one attached hydrogen (secondary N) is 1. The maximum absolute atomic E-state index is 5.66. The van der Waals surface area contributed by atoms with Gasteiger partial charge in [-0.3, -0.25) is 0 Å². The molecule has 22 heavy (non-hydrogen) atoms. The zero-order chi connectivity index (χ0) is 14.8. The zero-order valence-corrected chi connectivity index (χ0v) is 13.0. The minimum atomic E-state index is 0.507. The van der Waals surface area contributed by atoms with Crippen LogP contribution in [-0.2, 0) is 11.3 Å². The summed E-state index contributed by atoms with van der Waals surface area (Å²) in [6, 6.07) is 4.06. The fourth-order valence-corrected chi connectivity index (χ4v) is 3.75. The Morgan fingerprint density at radius 1 is 1.32 bits per heavy atom. The molecule has 2 fully saturated rings. The van der Waals surface area contributed by atoms with Gasteiger partial charge in [0.25, 0.3) is 0 Å². The van der Waals surface area contributed by atoms with Crippen LogP contribution in [0, 0.1) is 5.92 Å². The van der Waals surface area contributed by atoms with Crippen LogP contribution < -0.4 is 5.32 Å². The van der Waals surface area contributed by atoms with Gasteiger partial charge in [-0.05, 0) is 44.4 Å². The van der Waals surface area contributed by atoms with Gasteiger partial charge in [0, 0.05) is 37.7 Å². The first-order chi connectivity index (χ1) is 10.9. The van der Waals surface area contributed by atoms with E-state index in [1.165, 1.54) is 31.5 Å². The van der Waals surface area contributed by atoms with Crippen molar-refractivity contribution in [1.29, 1.82) is 0 Å². The molecule has 2 aromatic heterocycles. The van der Waals surface area contributed by atoms with Crippen molar-refractivity contribution in [3.63, 3.8) is 0 Å². The molecule has 2 atom stereocenters. The minimum absolute atomic E-state index is 0.507. The molecule has 0 spiro atoms. The van der Waals surface area contributed by atoms with Crippen LogP contribution >= 0.6 is 0 Å². The summed E-state index contributed by atoms with van der Waals surface area (Å²) in [6.07, 6.45) is 6.74. The molecule has 2 aliphatic heterocycles. The number of aromatic nitrogens is 3. The Morgan fingerprint density at radius 2 is 2.32 bits per heavy atom. The Kier molecular flexibility index (Phi) is 4.08. The summed E-state index contributed by atoms with van der Waals surface area (Å²) in [7, 11) is 0. The summed E-state index contributed by atoms with van der Waals surface area (Å²) < 4.78 is 8.03. The van der Waals surface area contributed by atoms with Gasteiger partial charge in [-0.2, -0.15) is 0 Å². The number of hydrogen-bond donors (Lipinski definition) is 1. The number of fused-ring (bicyclic) bond motifs is 1. The summed E-state index contributed by atoms with van der Waals surface area (Å²) in [5, 5.41) is 3.51. The number of nitrogens with zero attached hydrogens (tertiary/aromatic N) is 3. The van der Waals surface area contributed by atoms with Crippen molar-refractivity contribution >= 4 is 11.2 Å². The molecule has 118 valence electrons. The summed E-state index contributed by atoms with van der Waals surface area (Å²) in [5.74, 6) is 2.31. The molecule has 1 N–H and O–H groups in total. The number of piperidine rings is 1. The van der Waals surface area contributed by atoms with E-state index < -0.39 is 0 Å². The van der Waals surface area contributed by atoms with E-state index >= 15 is 0 Å². The second-order valence-corrected chi connectivity index (χ2v) is 6.55. The van der Waals surface area contributed by atoms with Crippen LogP contribution in [0.3, 0.4) is 0 Å². The fraction of sp³-hybridized carbons (Fsp3) is 0.647. The summed E-state index contributed by atoms with van der Waals surface area (Å²) in [5.41, 5.74) is 2.06. The Bertz CT molecular complexity index is 627. The largest absolute Gasteiger partial charge is 0.381 e. The van der Waals surface area contributed by atoms with E-state index in [1.54, 1.807) is 0 Å². The molecule has 0 bridgehead atoms. The second-order valence-electron chi connectivity index (χ2n) is 6.55. The molecular weight excluding hydrogens is 276 g/mol. The molecule has 4 rings (SSSR count). The first kappa shape index (κ1) is 14.2. The standard InChI is InChI=1S/C17H24N4O/c1-5-14(10-18-7-1)16-20-15-6-2-8-19-17(15)21(16)11-13-4-3-9-22-12-13/h2,6,8,13-14,18H,1,3-5,7,9-12H2. The Balaban J connectivity index is 1.69. The first-order valence-corrected chi connectivity index (χ1v) is 8.51. The normalized spacial score (nSPS) is 26.4. The Labute approximate surface area is 131 Å². The quantitative estimate of drug-likeness (QED) is 0.945. The van der Waals surface area contributed by atoms with E-state index in [0.717, 1.165) is 44.0 Å². The van der Waals surface area contributed by atoms with Crippen LogP contribution in [0.1, 0.15) is 37.4 Å². The Morgan fingerprint density at radius 3 is 3.14 bits per heavy atom. The molecule has 0 aromatic carbocycles. The molecular formula is C17H24N4O. The molecule has 5 heteroatoms. The monoisotopic (exact) mass is 300 g/mol. The summed E-state index contributed by atoms with van der Waals surface area (Å²) >= 11 is 0. The van der Waals surface area contributed by atoms with Crippen molar-refractivity contribution in [2.24, 2.45) is 5.92 Å². The fourth-order valence-electron chi connectivity index (χ4n) is 3.75. The maximum Gasteiger partial charge on any atom is 0.160 e. The van der Waals surface area contributed by atoms with E-state index in [-0.39, 0.29) is 0 Å². The lowest BCUT2D eigenvalue weighted by Gasteiger charge is -2.26. The maximum atomic E-state index is 5.66. The smallest absolute Gasteiger partial charge is 0.160 e. The third kappa shape index (κ3) is 2.75. The highest BCUT2D eigenvalue weighted by Gasteiger charge is 2.25. The highest BCUT2D eigenvalue weighted by Crippen LogP contribution is 2.28. The van der Waals surface area contributed by atoms with E-state index in [1.807, 2.05) is 12.3 Å². The molecule has 2 saturated heterocycles. The average molecular weight is 300 g/mol. The predicted octanol–water partition coefficient (Wildman–Crippen LogP) is 2.32. The molecule has 5 nitrogen and oxygen atoms in total. The lowest BCUT2D eigenvalue weighted by molar-refractivity contribution is 0.0483. The molecule has 0 aliphatic carbocycles. The highest BCUT2D eigenvalue weighted by molar-refractivity contribution is 5.71. The van der Waals surface area contributed by atoms with Crippen molar-refractivity contribution in [3.8, 4) is 0 Å². The van der Waals surface area contributed by atoms with Crippen molar-refractivity contribution in [1.82, 2.24) is 19.9 Å². The van der Waals surface area contributed by atoms with Gasteiger partial charge in [0.2, 0.25) is 0 Å². The molecule has 2 aliphatic rings. The minimum Gasteiger partial charge on any atom is -0.381 e. The van der Waals surface area contributed by atoms with Crippen molar-refractivity contribution in [2.75, 3.05) is 26.3 Å². The van der Waals surface area contributed by atoms with Gasteiger partial charge in [-0.15, -0.1) is 0 Å². The average Bonchev–Trinajstić information content (AvgIpc) is 2.95. The van der Waals surface area contributed by atoms with Gasteiger partial charge in [-0.25, -0.2) is 9.97 Å². The summed E-state index contributed by atoms with van der Waals surface area (Å²) in [6.45, 7) is 4.93. The molecule has 0 amide bonds. The number of hydrogen-bond acceptors (Lipinski definition) is 4. The van der Waals surface area contributed by atoms with Crippen molar-refractivity contribution in [2.45, 2.75) is 38.1 Å². The van der Waals surface area contributed by atoms with Gasteiger partial charge >= 0.3 is 0 Å². The first-order valence-electron chi connectivity index (χ1n) is 8.51. The molecule has 4 heterocycles. The molecule has 0 radical (unpaired) electrons. The van der Waals surface area contributed by atoms with E-state index in [9.17, 15) is 0 Å². The molecule has 2 unspecified atom stereocenters. The number of rotatable bonds is 3. The van der Waals surface area contributed by atoms with Gasteiger partial charge in [0.05, 0.1) is 6.61 Å². The van der Waals surface area contributed by atoms with Crippen LogP contribution in [0.25, 0.3) is 11.2 Å². The van der Waals surface area contributed by atoms with E-state index in [2.05, 4.69) is 20.9 Å². The molecule has 2 aromatic rings. The van der Waals surface area contributed by atoms with Crippen LogP contribution in [0.2, 0.25) is 0 Å². The lowest BCUT2D eigenvalue weighted by Crippen LogP contribution is -2.31. The van der Waals surface area contributed by atoms with Crippen molar-refractivity contribution in [3.05, 3.63) is 24.2 Å². The Hall–Kier alpha value is -1.46. The van der Waals surface area contributed by atoms with Crippen LogP contribution in [0.5, 0.6) is 0 Å². The number of imidazole rings is 1. The summed E-state index contributed by atoms with van der Waals surface area (Å²) in [4.78, 5) is 9.52. The topological polar surface area (TPSA) is 52.0 Å².